The number of nitrogens with two attached hydrogens (primary N) is 1. The molecule has 2 N–H and O–H groups in total. The predicted octanol–water partition coefficient (Wildman–Crippen LogP) is 2.08. The first-order valence-electron chi connectivity index (χ1n) is 8.57. The summed E-state index contributed by atoms with van der Waals surface area (Å²) in [5.74, 6) is 0.405. The molecule has 2 atom stereocenters. The van der Waals surface area contributed by atoms with Crippen molar-refractivity contribution in [3.05, 3.63) is 0 Å². The molecule has 0 aliphatic carbocycles. The molecule has 0 saturated carbocycles. The molecule has 0 spiro atoms. The molecule has 1 heterocycles. The maximum absolute atomic E-state index is 12.4. The third-order valence-electron chi connectivity index (χ3n) is 4.11. The fraction of sp³-hybridized carbons (Fsp3) is 0.882. The first-order chi connectivity index (χ1) is 10.5. The number of hydrogen-bond acceptors (Lipinski definition) is 4. The molecule has 1 saturated heterocycles. The van der Waals surface area contributed by atoms with E-state index >= 15 is 0 Å². The Morgan fingerprint density at radius 3 is 2.43 bits per heavy atom. The summed E-state index contributed by atoms with van der Waals surface area (Å²) in [6.07, 6.45) is 0.619. The summed E-state index contributed by atoms with van der Waals surface area (Å²) < 4.78 is 5.40. The standard InChI is InChI=1S/C17H33N3O3/c1-7-19(15(21)14(18)12(2)3)10-13-8-9-20(11-13)16(22)23-17(4,5)6/h12-14H,7-11,18H2,1-6H3. The van der Waals surface area contributed by atoms with Crippen molar-refractivity contribution in [3.8, 4) is 0 Å². The molecule has 0 bridgehead atoms. The summed E-state index contributed by atoms with van der Waals surface area (Å²) >= 11 is 0. The van der Waals surface area contributed by atoms with Gasteiger partial charge in [-0.15, -0.1) is 0 Å². The molecule has 6 nitrogen and oxygen atoms in total. The minimum Gasteiger partial charge on any atom is -0.444 e. The summed E-state index contributed by atoms with van der Waals surface area (Å²) in [5, 5.41) is 0. The smallest absolute Gasteiger partial charge is 0.410 e. The Kier molecular flexibility index (Phi) is 6.86. The van der Waals surface area contributed by atoms with Gasteiger partial charge in [0.25, 0.3) is 0 Å². The Hall–Kier alpha value is -1.30. The topological polar surface area (TPSA) is 75.9 Å². The fourth-order valence-corrected chi connectivity index (χ4v) is 2.66. The zero-order chi connectivity index (χ0) is 17.8. The molecular formula is C17H33N3O3. The highest BCUT2D eigenvalue weighted by Gasteiger charge is 2.32. The van der Waals surface area contributed by atoms with Crippen molar-refractivity contribution < 1.29 is 14.3 Å². The Labute approximate surface area is 140 Å². The minimum absolute atomic E-state index is 0.00165. The second kappa shape index (κ2) is 7.99. The lowest BCUT2D eigenvalue weighted by atomic mass is 10.0. The molecule has 0 aromatic rings. The van der Waals surface area contributed by atoms with Crippen molar-refractivity contribution in [2.75, 3.05) is 26.2 Å². The van der Waals surface area contributed by atoms with Gasteiger partial charge in [0.15, 0.2) is 0 Å². The van der Waals surface area contributed by atoms with Crippen LogP contribution >= 0.6 is 0 Å². The van der Waals surface area contributed by atoms with Crippen LogP contribution in [0.25, 0.3) is 0 Å². The number of carbonyl (C=O) groups is 2. The summed E-state index contributed by atoms with van der Waals surface area (Å²) in [6, 6.07) is -0.460. The molecule has 0 aromatic heterocycles. The van der Waals surface area contributed by atoms with Gasteiger partial charge < -0.3 is 20.3 Å². The van der Waals surface area contributed by atoms with Gasteiger partial charge in [0.1, 0.15) is 5.60 Å². The predicted molar refractivity (Wildman–Crippen MR) is 91.0 cm³/mol. The number of ether oxygens (including phenoxy) is 1. The summed E-state index contributed by atoms with van der Waals surface area (Å²) in [6.45, 7) is 14.1. The van der Waals surface area contributed by atoms with E-state index in [4.69, 9.17) is 10.5 Å². The molecule has 2 amide bonds. The van der Waals surface area contributed by atoms with Crippen LogP contribution in [0.4, 0.5) is 4.79 Å². The number of amides is 2. The Morgan fingerprint density at radius 1 is 1.35 bits per heavy atom. The SMILES string of the molecule is CCN(CC1CCN(C(=O)OC(C)(C)C)C1)C(=O)C(N)C(C)C. The largest absolute Gasteiger partial charge is 0.444 e. The van der Waals surface area contributed by atoms with E-state index in [2.05, 4.69) is 0 Å². The Morgan fingerprint density at radius 2 is 1.96 bits per heavy atom. The van der Waals surface area contributed by atoms with Crippen LogP contribution in [0.1, 0.15) is 48.0 Å². The van der Waals surface area contributed by atoms with Gasteiger partial charge in [-0.25, -0.2) is 4.79 Å². The monoisotopic (exact) mass is 327 g/mol. The van der Waals surface area contributed by atoms with Gasteiger partial charge in [0.05, 0.1) is 6.04 Å². The van der Waals surface area contributed by atoms with Gasteiger partial charge >= 0.3 is 6.09 Å². The van der Waals surface area contributed by atoms with E-state index in [-0.39, 0.29) is 23.8 Å². The molecule has 23 heavy (non-hydrogen) atoms. The maximum Gasteiger partial charge on any atom is 0.410 e. The molecule has 0 aromatic carbocycles. The van der Waals surface area contributed by atoms with Gasteiger partial charge in [-0.3, -0.25) is 4.79 Å². The van der Waals surface area contributed by atoms with E-state index < -0.39 is 11.6 Å². The van der Waals surface area contributed by atoms with Crippen LogP contribution in [-0.2, 0) is 9.53 Å². The van der Waals surface area contributed by atoms with Crippen LogP contribution < -0.4 is 5.73 Å². The summed E-state index contributed by atoms with van der Waals surface area (Å²) in [4.78, 5) is 28.0. The molecule has 1 rings (SSSR count). The lowest BCUT2D eigenvalue weighted by molar-refractivity contribution is -0.133. The van der Waals surface area contributed by atoms with Crippen molar-refractivity contribution in [1.82, 2.24) is 9.80 Å². The average molecular weight is 327 g/mol. The third-order valence-corrected chi connectivity index (χ3v) is 4.11. The van der Waals surface area contributed by atoms with E-state index in [0.717, 1.165) is 6.42 Å². The second-order valence-electron chi connectivity index (χ2n) is 7.73. The number of carbonyl (C=O) groups excluding carboxylic acids is 2. The normalized spacial score (nSPS) is 19.8. The molecule has 0 radical (unpaired) electrons. The lowest BCUT2D eigenvalue weighted by Crippen LogP contribution is -2.48. The van der Waals surface area contributed by atoms with Gasteiger partial charge in [-0.1, -0.05) is 13.8 Å². The number of nitrogens with zero attached hydrogens (tertiary/aromatic N) is 2. The molecule has 1 aliphatic heterocycles. The van der Waals surface area contributed by atoms with E-state index in [1.807, 2.05) is 46.4 Å². The van der Waals surface area contributed by atoms with Gasteiger partial charge in [0, 0.05) is 26.2 Å². The molecule has 2 unspecified atom stereocenters. The highest BCUT2D eigenvalue weighted by Crippen LogP contribution is 2.21. The molecule has 1 aliphatic rings. The van der Waals surface area contributed by atoms with Crippen LogP contribution in [0.2, 0.25) is 0 Å². The molecular weight excluding hydrogens is 294 g/mol. The minimum atomic E-state index is -0.482. The number of rotatable bonds is 5. The zero-order valence-electron chi connectivity index (χ0n) is 15.5. The van der Waals surface area contributed by atoms with Crippen LogP contribution in [0.5, 0.6) is 0 Å². The number of hydrogen-bond donors (Lipinski definition) is 1. The van der Waals surface area contributed by atoms with E-state index in [9.17, 15) is 9.59 Å². The van der Waals surface area contributed by atoms with E-state index in [0.29, 0.717) is 26.2 Å². The van der Waals surface area contributed by atoms with Crippen molar-refractivity contribution in [2.24, 2.45) is 17.6 Å². The molecule has 6 heteroatoms. The second-order valence-corrected chi connectivity index (χ2v) is 7.73. The highest BCUT2D eigenvalue weighted by atomic mass is 16.6. The van der Waals surface area contributed by atoms with Gasteiger partial charge in [-0.05, 0) is 46.0 Å². The van der Waals surface area contributed by atoms with Gasteiger partial charge in [-0.2, -0.15) is 0 Å². The van der Waals surface area contributed by atoms with Crippen LogP contribution in [0.3, 0.4) is 0 Å². The quantitative estimate of drug-likeness (QED) is 0.839. The Balaban J connectivity index is 2.55. The summed E-state index contributed by atoms with van der Waals surface area (Å²) in [5.41, 5.74) is 5.50. The van der Waals surface area contributed by atoms with E-state index in [1.165, 1.54) is 0 Å². The molecule has 1 fully saturated rings. The molecule has 134 valence electrons. The van der Waals surface area contributed by atoms with Crippen LogP contribution in [-0.4, -0.2) is 59.6 Å². The van der Waals surface area contributed by atoms with Crippen molar-refractivity contribution in [3.63, 3.8) is 0 Å². The maximum atomic E-state index is 12.4. The first-order valence-corrected chi connectivity index (χ1v) is 8.57. The van der Waals surface area contributed by atoms with Crippen molar-refractivity contribution in [2.45, 2.75) is 59.6 Å². The Bertz CT molecular complexity index is 418. The number of likely N-dealkylation sites (N-methyl/N-ethyl adjacent to an activating group) is 1. The average Bonchev–Trinajstić information content (AvgIpc) is 2.90. The van der Waals surface area contributed by atoms with E-state index in [1.54, 1.807) is 4.90 Å². The summed E-state index contributed by atoms with van der Waals surface area (Å²) in [7, 11) is 0. The van der Waals surface area contributed by atoms with Crippen LogP contribution in [0, 0.1) is 11.8 Å². The fourth-order valence-electron chi connectivity index (χ4n) is 2.66. The first kappa shape index (κ1) is 19.7. The zero-order valence-corrected chi connectivity index (χ0v) is 15.5. The highest BCUT2D eigenvalue weighted by molar-refractivity contribution is 5.81. The van der Waals surface area contributed by atoms with Crippen LogP contribution in [0.15, 0.2) is 0 Å². The number of likely N-dealkylation sites (tertiary alicyclic amines) is 1. The van der Waals surface area contributed by atoms with Gasteiger partial charge in [0.2, 0.25) is 5.91 Å². The third kappa shape index (κ3) is 6.01. The van der Waals surface area contributed by atoms with Crippen molar-refractivity contribution in [1.29, 1.82) is 0 Å². The van der Waals surface area contributed by atoms with Crippen molar-refractivity contribution >= 4 is 12.0 Å². The lowest BCUT2D eigenvalue weighted by Gasteiger charge is -2.29.